The zero-order valence-electron chi connectivity index (χ0n) is 15.0. The van der Waals surface area contributed by atoms with Gasteiger partial charge in [-0.2, -0.15) is 5.10 Å². The highest BCUT2D eigenvalue weighted by molar-refractivity contribution is 5.37. The molecule has 134 valence electrons. The van der Waals surface area contributed by atoms with Crippen LogP contribution >= 0.6 is 0 Å². The third kappa shape index (κ3) is 3.36. The van der Waals surface area contributed by atoms with Crippen molar-refractivity contribution in [1.29, 1.82) is 0 Å². The van der Waals surface area contributed by atoms with E-state index in [4.69, 9.17) is 0 Å². The van der Waals surface area contributed by atoms with Crippen molar-refractivity contribution in [3.05, 3.63) is 47.3 Å². The van der Waals surface area contributed by atoms with Crippen molar-refractivity contribution in [2.24, 2.45) is 11.8 Å². The highest BCUT2D eigenvalue weighted by Crippen LogP contribution is 2.37. The molecule has 0 bridgehead atoms. The van der Waals surface area contributed by atoms with E-state index in [0.717, 1.165) is 49.6 Å². The smallest absolute Gasteiger partial charge is 0.0802 e. The van der Waals surface area contributed by atoms with Crippen LogP contribution in [0, 0.1) is 25.7 Å². The SMILES string of the molecule is Cc1cc(C)n(-c2cccc(CN3C[C@H]4C[C@H](O)[C@H](O)C[C@H]4C3)c2)n1. The van der Waals surface area contributed by atoms with Crippen molar-refractivity contribution < 1.29 is 10.2 Å². The number of rotatable bonds is 3. The topological polar surface area (TPSA) is 61.5 Å². The number of fused-ring (bicyclic) bond motifs is 1. The molecule has 1 saturated heterocycles. The molecule has 0 amide bonds. The van der Waals surface area contributed by atoms with Gasteiger partial charge in [0.1, 0.15) is 0 Å². The number of nitrogens with zero attached hydrogens (tertiary/aromatic N) is 3. The van der Waals surface area contributed by atoms with Crippen molar-refractivity contribution in [3.63, 3.8) is 0 Å². The van der Waals surface area contributed by atoms with Gasteiger partial charge in [0.05, 0.1) is 23.6 Å². The Morgan fingerprint density at radius 1 is 1.04 bits per heavy atom. The van der Waals surface area contributed by atoms with Crippen molar-refractivity contribution in [2.75, 3.05) is 13.1 Å². The fourth-order valence-corrected chi connectivity index (χ4v) is 4.57. The van der Waals surface area contributed by atoms with Crippen LogP contribution in [0.1, 0.15) is 29.8 Å². The highest BCUT2D eigenvalue weighted by Gasteiger charge is 2.40. The van der Waals surface area contributed by atoms with Gasteiger partial charge in [-0.05, 0) is 62.3 Å². The van der Waals surface area contributed by atoms with E-state index in [1.165, 1.54) is 5.56 Å². The van der Waals surface area contributed by atoms with Crippen LogP contribution in [-0.2, 0) is 6.54 Å². The first kappa shape index (κ1) is 16.8. The minimum absolute atomic E-state index is 0.512. The highest BCUT2D eigenvalue weighted by atomic mass is 16.3. The summed E-state index contributed by atoms with van der Waals surface area (Å²) in [7, 11) is 0. The Morgan fingerprint density at radius 2 is 1.72 bits per heavy atom. The largest absolute Gasteiger partial charge is 0.390 e. The van der Waals surface area contributed by atoms with Crippen molar-refractivity contribution in [3.8, 4) is 5.69 Å². The number of aromatic nitrogens is 2. The fraction of sp³-hybridized carbons (Fsp3) is 0.550. The number of hydrogen-bond donors (Lipinski definition) is 2. The molecule has 0 spiro atoms. The van der Waals surface area contributed by atoms with Gasteiger partial charge in [-0.1, -0.05) is 12.1 Å². The number of aliphatic hydroxyl groups excluding tert-OH is 2. The summed E-state index contributed by atoms with van der Waals surface area (Å²) in [5, 5.41) is 24.4. The molecule has 2 fully saturated rings. The minimum atomic E-state index is -0.546. The van der Waals surface area contributed by atoms with E-state index in [-0.39, 0.29) is 0 Å². The van der Waals surface area contributed by atoms with E-state index in [1.54, 1.807) is 0 Å². The van der Waals surface area contributed by atoms with Gasteiger partial charge in [-0.3, -0.25) is 4.90 Å². The zero-order chi connectivity index (χ0) is 17.6. The third-order valence-corrected chi connectivity index (χ3v) is 5.76. The molecule has 5 heteroatoms. The standard InChI is InChI=1S/C20H27N3O2/c1-13-6-14(2)23(21-13)18-5-3-4-15(7-18)10-22-11-16-8-19(24)20(25)9-17(16)12-22/h3-7,16-17,19-20,24-25H,8-12H2,1-2H3/t16-,17+,19+,20-. The first-order chi connectivity index (χ1) is 12.0. The predicted molar refractivity (Wildman–Crippen MR) is 96.5 cm³/mol. The second-order valence-corrected chi connectivity index (χ2v) is 7.83. The molecule has 1 aromatic carbocycles. The van der Waals surface area contributed by atoms with Gasteiger partial charge in [-0.15, -0.1) is 0 Å². The summed E-state index contributed by atoms with van der Waals surface area (Å²) >= 11 is 0. The van der Waals surface area contributed by atoms with Crippen LogP contribution in [0.15, 0.2) is 30.3 Å². The lowest BCUT2D eigenvalue weighted by Gasteiger charge is -2.32. The maximum atomic E-state index is 9.91. The molecular formula is C20H27N3O2. The van der Waals surface area contributed by atoms with Gasteiger partial charge in [0.2, 0.25) is 0 Å². The van der Waals surface area contributed by atoms with Crippen LogP contribution in [0.2, 0.25) is 0 Å². The monoisotopic (exact) mass is 341 g/mol. The summed E-state index contributed by atoms with van der Waals surface area (Å²) < 4.78 is 2.00. The molecule has 2 N–H and O–H groups in total. The van der Waals surface area contributed by atoms with Gasteiger partial charge in [-0.25, -0.2) is 4.68 Å². The summed E-state index contributed by atoms with van der Waals surface area (Å²) in [6.45, 7) is 7.03. The van der Waals surface area contributed by atoms with Crippen LogP contribution in [-0.4, -0.2) is 50.2 Å². The summed E-state index contributed by atoms with van der Waals surface area (Å²) in [6, 6.07) is 10.7. The quantitative estimate of drug-likeness (QED) is 0.897. The number of hydrogen-bond acceptors (Lipinski definition) is 4. The lowest BCUT2D eigenvalue weighted by Crippen LogP contribution is -2.38. The van der Waals surface area contributed by atoms with Crippen LogP contribution in [0.4, 0.5) is 0 Å². The first-order valence-electron chi connectivity index (χ1n) is 9.20. The Kier molecular flexibility index (Phi) is 4.40. The van der Waals surface area contributed by atoms with E-state index >= 15 is 0 Å². The molecule has 4 rings (SSSR count). The lowest BCUT2D eigenvalue weighted by atomic mass is 9.79. The number of aryl methyl sites for hydroxylation is 2. The molecule has 1 aliphatic carbocycles. The molecular weight excluding hydrogens is 314 g/mol. The maximum absolute atomic E-state index is 9.91. The lowest BCUT2D eigenvalue weighted by molar-refractivity contribution is -0.0372. The van der Waals surface area contributed by atoms with Crippen LogP contribution in [0.3, 0.4) is 0 Å². The van der Waals surface area contributed by atoms with E-state index in [0.29, 0.717) is 11.8 Å². The van der Waals surface area contributed by atoms with Gasteiger partial charge < -0.3 is 10.2 Å². The summed E-state index contributed by atoms with van der Waals surface area (Å²) in [6.07, 6.45) is 0.369. The van der Waals surface area contributed by atoms with Crippen LogP contribution in [0.5, 0.6) is 0 Å². The van der Waals surface area contributed by atoms with Gasteiger partial charge in [0.25, 0.3) is 0 Å². The second-order valence-electron chi connectivity index (χ2n) is 7.83. The van der Waals surface area contributed by atoms with Gasteiger partial charge >= 0.3 is 0 Å². The van der Waals surface area contributed by atoms with Crippen molar-refractivity contribution in [1.82, 2.24) is 14.7 Å². The summed E-state index contributed by atoms with van der Waals surface area (Å²) in [5.74, 6) is 1.02. The molecule has 0 radical (unpaired) electrons. The van der Waals surface area contributed by atoms with E-state index in [9.17, 15) is 10.2 Å². The Balaban J connectivity index is 1.47. The van der Waals surface area contributed by atoms with Gasteiger partial charge in [0, 0.05) is 25.3 Å². The molecule has 25 heavy (non-hydrogen) atoms. The Morgan fingerprint density at radius 3 is 2.32 bits per heavy atom. The van der Waals surface area contributed by atoms with Gasteiger partial charge in [0.15, 0.2) is 0 Å². The normalized spacial score (nSPS) is 29.8. The average Bonchev–Trinajstić information content (AvgIpc) is 3.10. The Bertz CT molecular complexity index is 739. The fourth-order valence-electron chi connectivity index (χ4n) is 4.57. The molecule has 0 unspecified atom stereocenters. The molecule has 1 saturated carbocycles. The number of aliphatic hydroxyl groups is 2. The molecule has 2 aliphatic rings. The van der Waals surface area contributed by atoms with Crippen LogP contribution in [0.25, 0.3) is 5.69 Å². The molecule has 2 heterocycles. The van der Waals surface area contributed by atoms with Crippen molar-refractivity contribution in [2.45, 2.75) is 45.4 Å². The zero-order valence-corrected chi connectivity index (χ0v) is 15.0. The number of likely N-dealkylation sites (tertiary alicyclic amines) is 1. The average molecular weight is 341 g/mol. The molecule has 1 aliphatic heterocycles. The maximum Gasteiger partial charge on any atom is 0.0802 e. The molecule has 4 atom stereocenters. The Labute approximate surface area is 148 Å². The second kappa shape index (κ2) is 6.56. The third-order valence-electron chi connectivity index (χ3n) is 5.76. The summed E-state index contributed by atoms with van der Waals surface area (Å²) in [4.78, 5) is 2.46. The van der Waals surface area contributed by atoms with Crippen LogP contribution < -0.4 is 0 Å². The van der Waals surface area contributed by atoms with E-state index in [2.05, 4.69) is 47.3 Å². The number of benzene rings is 1. The van der Waals surface area contributed by atoms with E-state index in [1.807, 2.05) is 11.6 Å². The summed E-state index contributed by atoms with van der Waals surface area (Å²) in [5.41, 5.74) is 4.56. The first-order valence-corrected chi connectivity index (χ1v) is 9.20. The minimum Gasteiger partial charge on any atom is -0.390 e. The molecule has 2 aromatic rings. The molecule has 1 aromatic heterocycles. The van der Waals surface area contributed by atoms with E-state index < -0.39 is 12.2 Å². The van der Waals surface area contributed by atoms with Crippen molar-refractivity contribution >= 4 is 0 Å². The Hall–Kier alpha value is -1.69. The predicted octanol–water partition coefficient (Wildman–Crippen LogP) is 2.05. The molecule has 5 nitrogen and oxygen atoms in total.